The fraction of sp³-hybridized carbons (Fsp3) is 0.438. The van der Waals surface area contributed by atoms with Crippen molar-refractivity contribution in [3.63, 3.8) is 0 Å². The maximum absolute atomic E-state index is 12.3. The van der Waals surface area contributed by atoms with Gasteiger partial charge in [-0.2, -0.15) is 0 Å². The zero-order valence-electron chi connectivity index (χ0n) is 13.1. The van der Waals surface area contributed by atoms with Crippen LogP contribution >= 0.6 is 0 Å². The van der Waals surface area contributed by atoms with Crippen molar-refractivity contribution in [1.82, 2.24) is 14.6 Å². The van der Waals surface area contributed by atoms with Crippen molar-refractivity contribution in [2.45, 2.75) is 29.9 Å². The minimum absolute atomic E-state index is 0.114. The largest absolute Gasteiger partial charge is 0.472 e. The molecule has 128 valence electrons. The fourth-order valence-electron chi connectivity index (χ4n) is 3.24. The van der Waals surface area contributed by atoms with Crippen LogP contribution in [0.4, 0.5) is 0 Å². The van der Waals surface area contributed by atoms with E-state index in [0.29, 0.717) is 0 Å². The smallest absolute Gasteiger partial charge is 0.246 e. The lowest BCUT2D eigenvalue weighted by atomic mass is 9.91. The normalized spacial score (nSPS) is 22.5. The molecule has 0 saturated carbocycles. The summed E-state index contributed by atoms with van der Waals surface area (Å²) >= 11 is 0. The molecule has 2 aromatic rings. The summed E-state index contributed by atoms with van der Waals surface area (Å²) in [5, 5.41) is 0. The van der Waals surface area contributed by atoms with Gasteiger partial charge in [-0.25, -0.2) is 18.1 Å². The van der Waals surface area contributed by atoms with E-state index < -0.39 is 15.6 Å². The van der Waals surface area contributed by atoms with Crippen LogP contribution in [0.5, 0.6) is 5.88 Å². The van der Waals surface area contributed by atoms with Crippen molar-refractivity contribution in [2.24, 2.45) is 0 Å². The van der Waals surface area contributed by atoms with Gasteiger partial charge in [-0.3, -0.25) is 4.90 Å². The molecule has 1 N–H and O–H groups in total. The number of hydrogen-bond acceptors (Lipinski definition) is 6. The minimum atomic E-state index is -3.57. The van der Waals surface area contributed by atoms with Crippen molar-refractivity contribution < 1.29 is 17.6 Å². The van der Waals surface area contributed by atoms with Gasteiger partial charge in [0.05, 0.1) is 19.1 Å². The summed E-state index contributed by atoms with van der Waals surface area (Å²) in [4.78, 5) is 6.57. The molecule has 4 heterocycles. The van der Waals surface area contributed by atoms with Crippen LogP contribution in [0.1, 0.15) is 18.4 Å². The number of ether oxygens (including phenoxy) is 1. The maximum Gasteiger partial charge on any atom is 0.246 e. The molecular formula is C16H19N3O4S. The van der Waals surface area contributed by atoms with Crippen molar-refractivity contribution >= 4 is 10.0 Å². The van der Waals surface area contributed by atoms with Gasteiger partial charge in [0, 0.05) is 44.2 Å². The zero-order valence-corrected chi connectivity index (χ0v) is 14.0. The molecule has 0 aliphatic carbocycles. The Labute approximate surface area is 140 Å². The predicted octanol–water partition coefficient (Wildman–Crippen LogP) is 1.38. The highest BCUT2D eigenvalue weighted by Crippen LogP contribution is 2.34. The van der Waals surface area contributed by atoms with Crippen LogP contribution in [0, 0.1) is 0 Å². The Bertz CT molecular complexity index is 812. The van der Waals surface area contributed by atoms with Crippen molar-refractivity contribution in [1.29, 1.82) is 0 Å². The number of sulfonamides is 1. The highest BCUT2D eigenvalue weighted by Gasteiger charge is 2.42. The van der Waals surface area contributed by atoms with E-state index in [-0.39, 0.29) is 17.3 Å². The lowest BCUT2D eigenvalue weighted by Gasteiger charge is -2.40. The topological polar surface area (TPSA) is 84.7 Å². The molecule has 1 fully saturated rings. The van der Waals surface area contributed by atoms with E-state index in [4.69, 9.17) is 9.15 Å². The van der Waals surface area contributed by atoms with Gasteiger partial charge in [-0.15, -0.1) is 0 Å². The van der Waals surface area contributed by atoms with Gasteiger partial charge in [0.15, 0.2) is 0 Å². The molecule has 24 heavy (non-hydrogen) atoms. The maximum atomic E-state index is 12.3. The molecule has 1 spiro atoms. The van der Waals surface area contributed by atoms with Crippen molar-refractivity contribution in [3.05, 3.63) is 42.5 Å². The van der Waals surface area contributed by atoms with Gasteiger partial charge in [0.2, 0.25) is 15.9 Å². The molecule has 8 heteroatoms. The molecule has 2 aromatic heterocycles. The first-order valence-corrected chi connectivity index (χ1v) is 9.42. The minimum Gasteiger partial charge on any atom is -0.472 e. The molecule has 0 amide bonds. The number of hydrogen-bond donors (Lipinski definition) is 1. The molecule has 0 bridgehead atoms. The summed E-state index contributed by atoms with van der Waals surface area (Å²) in [7, 11) is -3.57. The standard InChI is InChI=1S/C16H19N3O4S/c20-24(21)14-2-1-6-17-15(14)23-16(12-18-24)4-7-19(8-5-16)10-13-3-9-22-11-13/h1-3,6,9,11,18H,4-5,7-8,10,12H2. The third-order valence-electron chi connectivity index (χ3n) is 4.68. The second-order valence-corrected chi connectivity index (χ2v) is 8.06. The third-order valence-corrected chi connectivity index (χ3v) is 6.09. The number of nitrogens with zero attached hydrogens (tertiary/aromatic N) is 2. The van der Waals surface area contributed by atoms with Crippen LogP contribution < -0.4 is 9.46 Å². The van der Waals surface area contributed by atoms with Crippen LogP contribution in [0.25, 0.3) is 0 Å². The Balaban J connectivity index is 1.51. The van der Waals surface area contributed by atoms with Gasteiger partial charge in [0.1, 0.15) is 10.5 Å². The Morgan fingerprint density at radius 3 is 2.88 bits per heavy atom. The number of nitrogens with one attached hydrogen (secondary N) is 1. The number of rotatable bonds is 2. The second-order valence-electron chi connectivity index (χ2n) is 6.32. The summed E-state index contributed by atoms with van der Waals surface area (Å²) in [6.07, 6.45) is 6.46. The Morgan fingerprint density at radius 1 is 1.29 bits per heavy atom. The van der Waals surface area contributed by atoms with Crippen LogP contribution in [0.3, 0.4) is 0 Å². The van der Waals surface area contributed by atoms with E-state index in [0.717, 1.165) is 38.0 Å². The first-order chi connectivity index (χ1) is 11.6. The summed E-state index contributed by atoms with van der Waals surface area (Å²) in [5.74, 6) is 0.200. The molecule has 4 rings (SSSR count). The van der Waals surface area contributed by atoms with E-state index in [2.05, 4.69) is 14.6 Å². The van der Waals surface area contributed by atoms with Gasteiger partial charge in [-0.05, 0) is 18.2 Å². The number of furan rings is 1. The van der Waals surface area contributed by atoms with Gasteiger partial charge < -0.3 is 9.15 Å². The molecule has 0 radical (unpaired) electrons. The van der Waals surface area contributed by atoms with Gasteiger partial charge in [0.25, 0.3) is 0 Å². The summed E-state index contributed by atoms with van der Waals surface area (Å²) in [5.41, 5.74) is 0.597. The van der Waals surface area contributed by atoms with E-state index in [1.54, 1.807) is 24.8 Å². The lowest BCUT2D eigenvalue weighted by molar-refractivity contribution is 0.000262. The SMILES string of the molecule is O=S1(=O)NCC2(CCN(Cc3ccoc3)CC2)Oc2ncccc21. The number of likely N-dealkylation sites (tertiary alicyclic amines) is 1. The fourth-order valence-corrected chi connectivity index (χ4v) is 4.43. The van der Waals surface area contributed by atoms with Crippen LogP contribution in [-0.2, 0) is 16.6 Å². The highest BCUT2D eigenvalue weighted by molar-refractivity contribution is 7.89. The van der Waals surface area contributed by atoms with Crippen LogP contribution in [0.2, 0.25) is 0 Å². The molecular weight excluding hydrogens is 330 g/mol. The van der Waals surface area contributed by atoms with E-state index in [1.807, 2.05) is 6.07 Å². The van der Waals surface area contributed by atoms with Crippen molar-refractivity contribution in [2.75, 3.05) is 19.6 Å². The number of piperidine rings is 1. The van der Waals surface area contributed by atoms with Gasteiger partial charge in [-0.1, -0.05) is 0 Å². The Hall–Kier alpha value is -1.90. The summed E-state index contributed by atoms with van der Waals surface area (Å²) in [6, 6.07) is 5.09. The summed E-state index contributed by atoms with van der Waals surface area (Å²) < 4.78 is 38.6. The van der Waals surface area contributed by atoms with E-state index in [1.165, 1.54) is 6.07 Å². The molecule has 2 aliphatic rings. The highest BCUT2D eigenvalue weighted by atomic mass is 32.2. The molecule has 2 aliphatic heterocycles. The molecule has 0 atom stereocenters. The average Bonchev–Trinajstić information content (AvgIpc) is 3.05. The third kappa shape index (κ3) is 2.92. The van der Waals surface area contributed by atoms with Crippen LogP contribution in [-0.4, -0.2) is 43.5 Å². The first-order valence-electron chi connectivity index (χ1n) is 7.94. The van der Waals surface area contributed by atoms with E-state index in [9.17, 15) is 8.42 Å². The number of aromatic nitrogens is 1. The quantitative estimate of drug-likeness (QED) is 0.882. The number of fused-ring (bicyclic) bond motifs is 1. The number of pyridine rings is 1. The lowest BCUT2D eigenvalue weighted by Crippen LogP contribution is -2.53. The second kappa shape index (κ2) is 5.87. The molecule has 0 unspecified atom stereocenters. The van der Waals surface area contributed by atoms with Crippen molar-refractivity contribution in [3.8, 4) is 5.88 Å². The monoisotopic (exact) mass is 349 g/mol. The van der Waals surface area contributed by atoms with Crippen LogP contribution in [0.15, 0.2) is 46.2 Å². The molecule has 0 aromatic carbocycles. The molecule has 1 saturated heterocycles. The Kier molecular flexibility index (Phi) is 3.82. The predicted molar refractivity (Wildman–Crippen MR) is 86.0 cm³/mol. The Morgan fingerprint density at radius 2 is 2.12 bits per heavy atom. The van der Waals surface area contributed by atoms with E-state index >= 15 is 0 Å². The molecule has 7 nitrogen and oxygen atoms in total. The first kappa shape index (κ1) is 15.6. The summed E-state index contributed by atoms with van der Waals surface area (Å²) in [6.45, 7) is 2.75. The average molecular weight is 349 g/mol. The zero-order chi connectivity index (χ0) is 16.6. The van der Waals surface area contributed by atoms with Gasteiger partial charge >= 0.3 is 0 Å².